The van der Waals surface area contributed by atoms with Crippen LogP contribution in [0.1, 0.15) is 42.0 Å². The van der Waals surface area contributed by atoms with Gasteiger partial charge in [0.15, 0.2) is 0 Å². The van der Waals surface area contributed by atoms with E-state index in [9.17, 15) is 0 Å². The average molecular weight is 174 g/mol. The van der Waals surface area contributed by atoms with Crippen LogP contribution in [0.15, 0.2) is 12.1 Å². The lowest BCUT2D eigenvalue weighted by molar-refractivity contribution is 0.683. The van der Waals surface area contributed by atoms with Gasteiger partial charge in [0.05, 0.1) is 0 Å². The number of aryl methyl sites for hydroxylation is 4. The second kappa shape index (κ2) is 3.53. The standard InChI is InChI=1S/C13H18/c1-3-11-9-13-7-5-4-6-12(13)8-10(11)2/h8-9H,3-7H2,1-2H3. The van der Waals surface area contributed by atoms with Gasteiger partial charge in [-0.2, -0.15) is 0 Å². The Balaban J connectivity index is 2.44. The topological polar surface area (TPSA) is 0 Å². The molecule has 0 spiro atoms. The van der Waals surface area contributed by atoms with E-state index in [2.05, 4.69) is 26.0 Å². The molecule has 0 saturated heterocycles. The molecule has 0 bridgehead atoms. The van der Waals surface area contributed by atoms with Crippen molar-refractivity contribution in [1.29, 1.82) is 0 Å². The normalized spacial score (nSPS) is 15.5. The van der Waals surface area contributed by atoms with Crippen LogP contribution in [0.5, 0.6) is 0 Å². The molecule has 0 nitrogen and oxygen atoms in total. The van der Waals surface area contributed by atoms with Gasteiger partial charge in [-0.1, -0.05) is 19.1 Å². The van der Waals surface area contributed by atoms with Gasteiger partial charge in [0.25, 0.3) is 0 Å². The molecule has 0 atom stereocenters. The van der Waals surface area contributed by atoms with Gasteiger partial charge in [-0.15, -0.1) is 0 Å². The van der Waals surface area contributed by atoms with Crippen LogP contribution in [0, 0.1) is 6.92 Å². The molecule has 0 fully saturated rings. The molecule has 1 aromatic rings. The lowest BCUT2D eigenvalue weighted by atomic mass is 9.88. The maximum atomic E-state index is 2.43. The third-order valence-corrected chi connectivity index (χ3v) is 3.18. The lowest BCUT2D eigenvalue weighted by Gasteiger charge is -2.18. The van der Waals surface area contributed by atoms with Crippen molar-refractivity contribution in [2.24, 2.45) is 0 Å². The van der Waals surface area contributed by atoms with Crippen LogP contribution in [0.3, 0.4) is 0 Å². The Kier molecular flexibility index (Phi) is 2.39. The van der Waals surface area contributed by atoms with Gasteiger partial charge in [0.2, 0.25) is 0 Å². The van der Waals surface area contributed by atoms with E-state index in [0.29, 0.717) is 0 Å². The average Bonchev–Trinajstić information content (AvgIpc) is 2.17. The van der Waals surface area contributed by atoms with Gasteiger partial charge in [-0.05, 0) is 61.3 Å². The fourth-order valence-corrected chi connectivity index (χ4v) is 2.34. The Hall–Kier alpha value is -0.780. The van der Waals surface area contributed by atoms with Crippen LogP contribution >= 0.6 is 0 Å². The van der Waals surface area contributed by atoms with Gasteiger partial charge in [0, 0.05) is 0 Å². The summed E-state index contributed by atoms with van der Waals surface area (Å²) in [6.07, 6.45) is 6.57. The molecule has 0 amide bonds. The molecule has 0 aromatic heterocycles. The first kappa shape index (κ1) is 8.80. The van der Waals surface area contributed by atoms with E-state index in [0.717, 1.165) is 0 Å². The number of hydrogen-bond acceptors (Lipinski definition) is 0. The molecule has 0 heterocycles. The summed E-state index contributed by atoms with van der Waals surface area (Å²) in [7, 11) is 0. The molecule has 0 saturated carbocycles. The maximum Gasteiger partial charge on any atom is -0.0276 e. The van der Waals surface area contributed by atoms with Crippen molar-refractivity contribution in [3.63, 3.8) is 0 Å². The molecule has 0 radical (unpaired) electrons. The van der Waals surface area contributed by atoms with E-state index in [1.165, 1.54) is 37.7 Å². The van der Waals surface area contributed by atoms with Crippen molar-refractivity contribution in [2.75, 3.05) is 0 Å². The highest BCUT2D eigenvalue weighted by Gasteiger charge is 2.10. The predicted octanol–water partition coefficient (Wildman–Crippen LogP) is 3.44. The highest BCUT2D eigenvalue weighted by atomic mass is 14.2. The summed E-state index contributed by atoms with van der Waals surface area (Å²) in [6.45, 7) is 4.49. The predicted molar refractivity (Wildman–Crippen MR) is 57.2 cm³/mol. The first-order chi connectivity index (χ1) is 6.31. The van der Waals surface area contributed by atoms with E-state index < -0.39 is 0 Å². The van der Waals surface area contributed by atoms with Crippen molar-refractivity contribution in [1.82, 2.24) is 0 Å². The van der Waals surface area contributed by atoms with Crippen LogP contribution < -0.4 is 0 Å². The molecule has 1 aliphatic carbocycles. The van der Waals surface area contributed by atoms with Crippen molar-refractivity contribution >= 4 is 0 Å². The van der Waals surface area contributed by atoms with E-state index >= 15 is 0 Å². The van der Waals surface area contributed by atoms with Crippen LogP contribution in [-0.4, -0.2) is 0 Å². The Labute approximate surface area is 81.0 Å². The molecule has 1 aromatic carbocycles. The number of benzene rings is 1. The molecular formula is C13H18. The minimum absolute atomic E-state index is 1.18. The second-order valence-corrected chi connectivity index (χ2v) is 4.11. The Morgan fingerprint density at radius 3 is 2.31 bits per heavy atom. The Morgan fingerprint density at radius 1 is 1.08 bits per heavy atom. The number of rotatable bonds is 1. The quantitative estimate of drug-likeness (QED) is 0.612. The highest BCUT2D eigenvalue weighted by Crippen LogP contribution is 2.24. The monoisotopic (exact) mass is 174 g/mol. The molecule has 70 valence electrons. The van der Waals surface area contributed by atoms with Crippen molar-refractivity contribution in [2.45, 2.75) is 46.0 Å². The fraction of sp³-hybridized carbons (Fsp3) is 0.538. The fourth-order valence-electron chi connectivity index (χ4n) is 2.34. The Bertz CT molecular complexity index is 310. The highest BCUT2D eigenvalue weighted by molar-refractivity contribution is 5.39. The summed E-state index contributed by atoms with van der Waals surface area (Å²) in [5.74, 6) is 0. The largest absolute Gasteiger partial charge is 0.0613 e. The number of fused-ring (bicyclic) bond motifs is 1. The van der Waals surface area contributed by atoms with Crippen molar-refractivity contribution in [3.05, 3.63) is 34.4 Å². The van der Waals surface area contributed by atoms with Gasteiger partial charge < -0.3 is 0 Å². The summed E-state index contributed by atoms with van der Waals surface area (Å²) >= 11 is 0. The third kappa shape index (κ3) is 1.63. The SMILES string of the molecule is CCc1cc2c(cc1C)CCCC2. The Morgan fingerprint density at radius 2 is 1.69 bits per heavy atom. The van der Waals surface area contributed by atoms with Gasteiger partial charge in [-0.25, -0.2) is 0 Å². The second-order valence-electron chi connectivity index (χ2n) is 4.11. The molecule has 2 rings (SSSR count). The molecule has 0 aliphatic heterocycles. The number of hydrogen-bond donors (Lipinski definition) is 0. The van der Waals surface area contributed by atoms with Crippen LogP contribution in [0.25, 0.3) is 0 Å². The molecule has 13 heavy (non-hydrogen) atoms. The minimum atomic E-state index is 1.18. The van der Waals surface area contributed by atoms with Crippen LogP contribution in [0.4, 0.5) is 0 Å². The van der Waals surface area contributed by atoms with E-state index in [1.807, 2.05) is 0 Å². The molecule has 1 aliphatic rings. The maximum absolute atomic E-state index is 2.43. The lowest BCUT2D eigenvalue weighted by Crippen LogP contribution is -2.04. The molecule has 0 N–H and O–H groups in total. The van der Waals surface area contributed by atoms with Crippen LogP contribution in [-0.2, 0) is 19.3 Å². The van der Waals surface area contributed by atoms with Gasteiger partial charge >= 0.3 is 0 Å². The van der Waals surface area contributed by atoms with E-state index in [1.54, 1.807) is 16.7 Å². The van der Waals surface area contributed by atoms with Crippen molar-refractivity contribution in [3.8, 4) is 0 Å². The smallest absolute Gasteiger partial charge is 0.0276 e. The summed E-state index contributed by atoms with van der Waals surface area (Å²) < 4.78 is 0. The summed E-state index contributed by atoms with van der Waals surface area (Å²) in [4.78, 5) is 0. The molecule has 0 unspecified atom stereocenters. The first-order valence-corrected chi connectivity index (χ1v) is 5.42. The zero-order valence-corrected chi connectivity index (χ0v) is 8.69. The third-order valence-electron chi connectivity index (χ3n) is 3.18. The summed E-state index contributed by atoms with van der Waals surface area (Å²) in [5.41, 5.74) is 6.26. The molecule has 0 heteroatoms. The zero-order valence-electron chi connectivity index (χ0n) is 8.69. The summed E-state index contributed by atoms with van der Waals surface area (Å²) in [5, 5.41) is 0. The molecular weight excluding hydrogens is 156 g/mol. The van der Waals surface area contributed by atoms with Gasteiger partial charge in [0.1, 0.15) is 0 Å². The summed E-state index contributed by atoms with van der Waals surface area (Å²) in [6, 6.07) is 4.84. The zero-order chi connectivity index (χ0) is 9.26. The van der Waals surface area contributed by atoms with Gasteiger partial charge in [-0.3, -0.25) is 0 Å². The minimum Gasteiger partial charge on any atom is -0.0613 e. The van der Waals surface area contributed by atoms with Crippen molar-refractivity contribution < 1.29 is 0 Å². The van der Waals surface area contributed by atoms with Crippen LogP contribution in [0.2, 0.25) is 0 Å². The van der Waals surface area contributed by atoms with E-state index in [4.69, 9.17) is 0 Å². The van der Waals surface area contributed by atoms with E-state index in [-0.39, 0.29) is 0 Å². The first-order valence-electron chi connectivity index (χ1n) is 5.42.